The minimum Gasteiger partial charge on any atom is -0.309 e. The molecule has 0 saturated heterocycles. The van der Waals surface area contributed by atoms with Gasteiger partial charge in [0, 0.05) is 16.8 Å². The summed E-state index contributed by atoms with van der Waals surface area (Å²) < 4.78 is 0. The first-order valence-corrected chi connectivity index (χ1v) is 18.9. The fraction of sp³-hybridized carbons (Fsp3) is 0. The van der Waals surface area contributed by atoms with Crippen molar-refractivity contribution in [2.45, 2.75) is 0 Å². The zero-order valence-corrected chi connectivity index (χ0v) is 30.3. The highest BCUT2D eigenvalue weighted by Gasteiger charge is 2.22. The summed E-state index contributed by atoms with van der Waals surface area (Å²) in [6.45, 7) is 0. The summed E-state index contributed by atoms with van der Waals surface area (Å²) in [5.74, 6) is 0. The van der Waals surface area contributed by atoms with E-state index >= 15 is 0 Å². The number of para-hydroxylation sites is 1. The summed E-state index contributed by atoms with van der Waals surface area (Å²) in [5, 5.41) is 7.48. The molecule has 0 atom stereocenters. The van der Waals surface area contributed by atoms with Gasteiger partial charge >= 0.3 is 0 Å². The van der Waals surface area contributed by atoms with Crippen LogP contribution in [0.5, 0.6) is 0 Å². The quantitative estimate of drug-likeness (QED) is 0.150. The molecule has 10 rings (SSSR count). The molecule has 0 aliphatic heterocycles. The van der Waals surface area contributed by atoms with Crippen molar-refractivity contribution in [1.29, 1.82) is 0 Å². The Hall–Kier alpha value is -7.22. The maximum Gasteiger partial charge on any atom is 0.0540 e. The van der Waals surface area contributed by atoms with Crippen LogP contribution in [-0.2, 0) is 0 Å². The molecule has 10 aromatic rings. The van der Waals surface area contributed by atoms with Gasteiger partial charge in [0.25, 0.3) is 0 Å². The van der Waals surface area contributed by atoms with E-state index in [0.29, 0.717) is 0 Å². The van der Waals surface area contributed by atoms with Gasteiger partial charge in [0.15, 0.2) is 0 Å². The van der Waals surface area contributed by atoms with E-state index in [1.807, 2.05) is 0 Å². The van der Waals surface area contributed by atoms with Crippen molar-refractivity contribution < 1.29 is 0 Å². The number of anilines is 3. The highest BCUT2D eigenvalue weighted by atomic mass is 15.1. The first kappa shape index (κ1) is 32.4. The summed E-state index contributed by atoms with van der Waals surface area (Å²) in [4.78, 5) is 2.47. The average Bonchev–Trinajstić information content (AvgIpc) is 3.27. The molecule has 0 spiro atoms. The molecule has 55 heavy (non-hydrogen) atoms. The van der Waals surface area contributed by atoms with Gasteiger partial charge in [-0.1, -0.05) is 188 Å². The molecule has 0 heterocycles. The van der Waals surface area contributed by atoms with Crippen LogP contribution >= 0.6 is 0 Å². The van der Waals surface area contributed by atoms with Crippen LogP contribution in [0.25, 0.3) is 76.8 Å². The summed E-state index contributed by atoms with van der Waals surface area (Å²) in [6.07, 6.45) is 0. The predicted octanol–water partition coefficient (Wildman–Crippen LogP) is 15.3. The van der Waals surface area contributed by atoms with Gasteiger partial charge in [0.2, 0.25) is 0 Å². The Labute approximate surface area is 322 Å². The van der Waals surface area contributed by atoms with E-state index in [1.165, 1.54) is 71.3 Å². The standard InChI is InChI=1S/C54H37N/c1-3-17-38(18-4-1)41-33-34-54(52(36-41)40-19-5-2-6-20-40)55(53-32-14-13-30-50(53)48-31-16-23-39-21-7-9-26-45(39)48)44-25-15-24-42(35-44)51-37-43-22-8-10-27-46(43)47-28-11-12-29-49(47)51/h1-37H. The summed E-state index contributed by atoms with van der Waals surface area (Å²) in [6, 6.07) is 81.6. The second-order valence-electron chi connectivity index (χ2n) is 14.1. The molecule has 258 valence electrons. The zero-order valence-electron chi connectivity index (χ0n) is 30.3. The highest BCUT2D eigenvalue weighted by Crippen LogP contribution is 2.48. The third-order valence-electron chi connectivity index (χ3n) is 10.8. The maximum atomic E-state index is 2.47. The van der Waals surface area contributed by atoms with Crippen molar-refractivity contribution in [3.8, 4) is 44.5 Å². The Morgan fingerprint density at radius 1 is 0.236 bits per heavy atom. The molecule has 0 N–H and O–H groups in total. The van der Waals surface area contributed by atoms with Crippen molar-refractivity contribution in [2.24, 2.45) is 0 Å². The van der Waals surface area contributed by atoms with E-state index in [-0.39, 0.29) is 0 Å². The molecule has 1 heteroatoms. The minimum atomic E-state index is 1.09. The van der Waals surface area contributed by atoms with E-state index in [9.17, 15) is 0 Å². The second kappa shape index (κ2) is 14.0. The first-order valence-electron chi connectivity index (χ1n) is 18.9. The molecular formula is C54H37N. The van der Waals surface area contributed by atoms with E-state index in [1.54, 1.807) is 0 Å². The minimum absolute atomic E-state index is 1.09. The number of rotatable bonds is 7. The average molecular weight is 700 g/mol. The van der Waals surface area contributed by atoms with Gasteiger partial charge in [0.1, 0.15) is 0 Å². The van der Waals surface area contributed by atoms with Crippen LogP contribution in [0.1, 0.15) is 0 Å². The molecular weight excluding hydrogens is 663 g/mol. The molecule has 0 saturated carbocycles. The Bertz CT molecular complexity index is 2980. The van der Waals surface area contributed by atoms with E-state index < -0.39 is 0 Å². The van der Waals surface area contributed by atoms with Crippen LogP contribution in [0.15, 0.2) is 224 Å². The van der Waals surface area contributed by atoms with Gasteiger partial charge < -0.3 is 4.90 Å². The largest absolute Gasteiger partial charge is 0.309 e. The molecule has 0 bridgehead atoms. The SMILES string of the molecule is c1ccc(-c2ccc(N(c3cccc(-c4cc5ccccc5c5ccccc45)c3)c3ccccc3-c3cccc4ccccc34)c(-c3ccccc3)c2)cc1. The predicted molar refractivity (Wildman–Crippen MR) is 235 cm³/mol. The molecule has 10 aromatic carbocycles. The number of benzene rings is 10. The molecule has 0 aliphatic carbocycles. The molecule has 0 amide bonds. The van der Waals surface area contributed by atoms with E-state index in [4.69, 9.17) is 0 Å². The second-order valence-corrected chi connectivity index (χ2v) is 14.1. The summed E-state index contributed by atoms with van der Waals surface area (Å²) in [5.41, 5.74) is 12.8. The van der Waals surface area contributed by atoms with Crippen molar-refractivity contribution in [2.75, 3.05) is 4.90 Å². The Balaban J connectivity index is 1.25. The van der Waals surface area contributed by atoms with Crippen molar-refractivity contribution in [3.05, 3.63) is 224 Å². The Morgan fingerprint density at radius 3 is 1.62 bits per heavy atom. The summed E-state index contributed by atoms with van der Waals surface area (Å²) in [7, 11) is 0. The molecule has 0 aliphatic rings. The molecule has 0 unspecified atom stereocenters. The number of fused-ring (bicyclic) bond motifs is 4. The first-order chi connectivity index (χ1) is 27.3. The molecule has 0 fully saturated rings. The van der Waals surface area contributed by atoms with Gasteiger partial charge in [-0.15, -0.1) is 0 Å². The van der Waals surface area contributed by atoms with Gasteiger partial charge in [-0.25, -0.2) is 0 Å². The molecule has 0 aromatic heterocycles. The lowest BCUT2D eigenvalue weighted by molar-refractivity contribution is 1.28. The Kier molecular flexibility index (Phi) is 8.24. The van der Waals surface area contributed by atoms with Gasteiger partial charge in [-0.3, -0.25) is 0 Å². The van der Waals surface area contributed by atoms with Gasteiger partial charge in [0.05, 0.1) is 11.4 Å². The molecule has 1 nitrogen and oxygen atoms in total. The van der Waals surface area contributed by atoms with Gasteiger partial charge in [-0.05, 0) is 102 Å². The van der Waals surface area contributed by atoms with Crippen molar-refractivity contribution >= 4 is 49.4 Å². The number of nitrogens with zero attached hydrogens (tertiary/aromatic N) is 1. The van der Waals surface area contributed by atoms with Gasteiger partial charge in [-0.2, -0.15) is 0 Å². The lowest BCUT2D eigenvalue weighted by Crippen LogP contribution is -2.13. The normalized spacial score (nSPS) is 11.3. The monoisotopic (exact) mass is 699 g/mol. The van der Waals surface area contributed by atoms with Crippen LogP contribution in [0, 0.1) is 0 Å². The summed E-state index contributed by atoms with van der Waals surface area (Å²) >= 11 is 0. The van der Waals surface area contributed by atoms with E-state index in [0.717, 1.165) is 22.6 Å². The number of hydrogen-bond donors (Lipinski definition) is 0. The van der Waals surface area contributed by atoms with Crippen molar-refractivity contribution in [1.82, 2.24) is 0 Å². The maximum absolute atomic E-state index is 2.47. The lowest BCUT2D eigenvalue weighted by atomic mass is 9.92. The third kappa shape index (κ3) is 5.93. The smallest absolute Gasteiger partial charge is 0.0540 e. The van der Waals surface area contributed by atoms with Crippen LogP contribution in [0.3, 0.4) is 0 Å². The fourth-order valence-electron chi connectivity index (χ4n) is 8.26. The van der Waals surface area contributed by atoms with Crippen LogP contribution in [0.4, 0.5) is 17.1 Å². The Morgan fingerprint density at radius 2 is 0.800 bits per heavy atom. The van der Waals surface area contributed by atoms with Crippen LogP contribution in [-0.4, -0.2) is 0 Å². The fourth-order valence-corrected chi connectivity index (χ4v) is 8.26. The van der Waals surface area contributed by atoms with E-state index in [2.05, 4.69) is 229 Å². The topological polar surface area (TPSA) is 3.24 Å². The zero-order chi connectivity index (χ0) is 36.6. The third-order valence-corrected chi connectivity index (χ3v) is 10.8. The molecule has 0 radical (unpaired) electrons. The number of hydrogen-bond acceptors (Lipinski definition) is 1. The highest BCUT2D eigenvalue weighted by molar-refractivity contribution is 6.14. The van der Waals surface area contributed by atoms with Crippen LogP contribution < -0.4 is 4.90 Å². The lowest BCUT2D eigenvalue weighted by Gasteiger charge is -2.31. The van der Waals surface area contributed by atoms with Crippen molar-refractivity contribution in [3.63, 3.8) is 0 Å². The van der Waals surface area contributed by atoms with Crippen LogP contribution in [0.2, 0.25) is 0 Å².